The molecule has 2 N–H and O–H groups in total. The molecule has 6 heteroatoms. The Hall–Kier alpha value is -2.53. The maximum atomic E-state index is 12.6. The van der Waals surface area contributed by atoms with Crippen LogP contribution in [0.15, 0.2) is 41.2 Å². The van der Waals surface area contributed by atoms with E-state index in [1.54, 1.807) is 6.07 Å². The lowest BCUT2D eigenvalue weighted by atomic mass is 9.98. The molecule has 1 saturated heterocycles. The number of aromatic amines is 1. The molecule has 4 rings (SSSR count). The van der Waals surface area contributed by atoms with Gasteiger partial charge in [-0.1, -0.05) is 29.8 Å². The second kappa shape index (κ2) is 7.84. The first-order valence-electron chi connectivity index (χ1n) is 9.72. The number of pyridine rings is 1. The first-order valence-corrected chi connectivity index (χ1v) is 10.1. The number of amides is 1. The lowest BCUT2D eigenvalue weighted by Crippen LogP contribution is -2.23. The van der Waals surface area contributed by atoms with E-state index in [1.165, 1.54) is 0 Å². The fourth-order valence-corrected chi connectivity index (χ4v) is 3.77. The van der Waals surface area contributed by atoms with Gasteiger partial charge in [0.25, 0.3) is 5.56 Å². The standard InChI is InChI=1S/C22H23ClN2O3/c1-2-28-20-11-14(5-8-18(20)23)17(12-15-6-10-21(26)24-15)19-9-7-16(13-3-4-13)22(27)25-19/h5,7-9,11-13,15H,2-4,6,10H2,1H3,(H,24,26)(H,25,27)/t15-/m1/s1. The van der Waals surface area contributed by atoms with E-state index >= 15 is 0 Å². The molecule has 0 spiro atoms. The van der Waals surface area contributed by atoms with Gasteiger partial charge in [0.05, 0.1) is 11.6 Å². The van der Waals surface area contributed by atoms with Crippen LogP contribution in [0.3, 0.4) is 0 Å². The summed E-state index contributed by atoms with van der Waals surface area (Å²) in [6.45, 7) is 2.41. The zero-order valence-corrected chi connectivity index (χ0v) is 16.5. The zero-order valence-electron chi connectivity index (χ0n) is 15.8. The summed E-state index contributed by atoms with van der Waals surface area (Å²) in [5, 5.41) is 3.50. The molecule has 0 radical (unpaired) electrons. The summed E-state index contributed by atoms with van der Waals surface area (Å²) in [7, 11) is 0. The minimum absolute atomic E-state index is 0.0413. The number of nitrogens with one attached hydrogen (secondary N) is 2. The van der Waals surface area contributed by atoms with Gasteiger partial charge in [-0.05, 0) is 55.9 Å². The highest BCUT2D eigenvalue weighted by Crippen LogP contribution is 2.38. The number of aromatic nitrogens is 1. The smallest absolute Gasteiger partial charge is 0.251 e. The van der Waals surface area contributed by atoms with Crippen LogP contribution in [-0.2, 0) is 4.79 Å². The molecule has 28 heavy (non-hydrogen) atoms. The van der Waals surface area contributed by atoms with E-state index in [0.717, 1.165) is 41.7 Å². The number of hydrogen-bond donors (Lipinski definition) is 2. The van der Waals surface area contributed by atoms with Crippen molar-refractivity contribution in [1.82, 2.24) is 10.3 Å². The van der Waals surface area contributed by atoms with Crippen LogP contribution in [-0.4, -0.2) is 23.5 Å². The van der Waals surface area contributed by atoms with Crippen LogP contribution >= 0.6 is 11.6 Å². The topological polar surface area (TPSA) is 71.2 Å². The van der Waals surface area contributed by atoms with Gasteiger partial charge in [-0.2, -0.15) is 0 Å². The molecule has 2 heterocycles. The van der Waals surface area contributed by atoms with Crippen molar-refractivity contribution in [3.8, 4) is 5.75 Å². The number of rotatable bonds is 6. The van der Waals surface area contributed by atoms with E-state index in [-0.39, 0.29) is 17.5 Å². The number of H-pyrrole nitrogens is 1. The largest absolute Gasteiger partial charge is 0.492 e. The molecule has 0 bridgehead atoms. The summed E-state index contributed by atoms with van der Waals surface area (Å²) in [4.78, 5) is 27.2. The van der Waals surface area contributed by atoms with Gasteiger partial charge in [-0.3, -0.25) is 9.59 Å². The quantitative estimate of drug-likeness (QED) is 0.772. The monoisotopic (exact) mass is 398 g/mol. The van der Waals surface area contributed by atoms with Crippen LogP contribution in [0.25, 0.3) is 5.57 Å². The molecule has 1 aliphatic carbocycles. The highest BCUT2D eigenvalue weighted by Gasteiger charge is 2.27. The minimum Gasteiger partial charge on any atom is -0.492 e. The van der Waals surface area contributed by atoms with Crippen molar-refractivity contribution in [2.24, 2.45) is 0 Å². The normalized spacial score (nSPS) is 19.6. The number of carbonyl (C=O) groups is 1. The number of halogens is 1. The molecular weight excluding hydrogens is 376 g/mol. The van der Waals surface area contributed by atoms with Crippen LogP contribution in [0.1, 0.15) is 55.3 Å². The maximum absolute atomic E-state index is 12.6. The van der Waals surface area contributed by atoms with Gasteiger partial charge in [-0.15, -0.1) is 0 Å². The van der Waals surface area contributed by atoms with Gasteiger partial charge in [-0.25, -0.2) is 0 Å². The van der Waals surface area contributed by atoms with E-state index in [2.05, 4.69) is 10.3 Å². The van der Waals surface area contributed by atoms with Crippen molar-refractivity contribution >= 4 is 23.1 Å². The summed E-state index contributed by atoms with van der Waals surface area (Å²) in [5.74, 6) is 1.03. The molecule has 2 fully saturated rings. The molecular formula is C22H23ClN2O3. The molecule has 1 aliphatic heterocycles. The third kappa shape index (κ3) is 3.99. The summed E-state index contributed by atoms with van der Waals surface area (Å²) < 4.78 is 5.63. The lowest BCUT2D eigenvalue weighted by molar-refractivity contribution is -0.119. The van der Waals surface area contributed by atoms with E-state index < -0.39 is 0 Å². The molecule has 2 aromatic rings. The molecule has 1 saturated carbocycles. The number of hydrogen-bond acceptors (Lipinski definition) is 3. The van der Waals surface area contributed by atoms with Gasteiger partial charge in [0.15, 0.2) is 0 Å². The minimum atomic E-state index is -0.0691. The Bertz CT molecular complexity index is 992. The lowest BCUT2D eigenvalue weighted by Gasteiger charge is -2.14. The Kier molecular flexibility index (Phi) is 5.27. The summed E-state index contributed by atoms with van der Waals surface area (Å²) in [6.07, 6.45) is 5.41. The average Bonchev–Trinajstić information content (AvgIpc) is 3.43. The third-order valence-corrected chi connectivity index (χ3v) is 5.50. The SMILES string of the molecule is CCOc1cc(C(=C[C@H]2CCC(=O)N2)c2ccc(C3CC3)c(=O)[nH]2)ccc1Cl. The number of carbonyl (C=O) groups excluding carboxylic acids is 1. The van der Waals surface area contributed by atoms with E-state index in [1.807, 2.05) is 37.3 Å². The molecule has 0 unspecified atom stereocenters. The zero-order chi connectivity index (χ0) is 19.7. The Morgan fingerprint density at radius 2 is 2.04 bits per heavy atom. The second-order valence-corrected chi connectivity index (χ2v) is 7.71. The van der Waals surface area contributed by atoms with Crippen molar-refractivity contribution < 1.29 is 9.53 Å². The van der Waals surface area contributed by atoms with Gasteiger partial charge >= 0.3 is 0 Å². The Morgan fingerprint density at radius 3 is 2.68 bits per heavy atom. The van der Waals surface area contributed by atoms with E-state index in [9.17, 15) is 9.59 Å². The Morgan fingerprint density at radius 1 is 1.21 bits per heavy atom. The average molecular weight is 399 g/mol. The number of benzene rings is 1. The van der Waals surface area contributed by atoms with Crippen molar-refractivity contribution in [3.63, 3.8) is 0 Å². The first kappa shape index (κ1) is 18.8. The highest BCUT2D eigenvalue weighted by atomic mass is 35.5. The van der Waals surface area contributed by atoms with Crippen LogP contribution in [0, 0.1) is 0 Å². The Balaban J connectivity index is 1.77. The fraction of sp³-hybridized carbons (Fsp3) is 0.364. The maximum Gasteiger partial charge on any atom is 0.251 e. The molecule has 146 valence electrons. The van der Waals surface area contributed by atoms with Gasteiger partial charge < -0.3 is 15.0 Å². The van der Waals surface area contributed by atoms with E-state index in [4.69, 9.17) is 16.3 Å². The van der Waals surface area contributed by atoms with E-state index in [0.29, 0.717) is 29.7 Å². The molecule has 5 nitrogen and oxygen atoms in total. The number of ether oxygens (including phenoxy) is 1. The molecule has 1 aromatic carbocycles. The molecule has 2 aliphatic rings. The van der Waals surface area contributed by atoms with Gasteiger partial charge in [0.1, 0.15) is 5.75 Å². The van der Waals surface area contributed by atoms with Crippen LogP contribution in [0.2, 0.25) is 5.02 Å². The first-order chi connectivity index (χ1) is 13.5. The van der Waals surface area contributed by atoms with Gasteiger partial charge in [0.2, 0.25) is 5.91 Å². The van der Waals surface area contributed by atoms with Crippen molar-refractivity contribution in [2.75, 3.05) is 6.61 Å². The summed E-state index contributed by atoms with van der Waals surface area (Å²) in [6, 6.07) is 9.38. The molecule has 1 amide bonds. The van der Waals surface area contributed by atoms with Crippen molar-refractivity contribution in [2.45, 2.75) is 44.6 Å². The highest BCUT2D eigenvalue weighted by molar-refractivity contribution is 6.32. The summed E-state index contributed by atoms with van der Waals surface area (Å²) >= 11 is 6.24. The predicted molar refractivity (Wildman–Crippen MR) is 110 cm³/mol. The molecule has 1 aromatic heterocycles. The summed E-state index contributed by atoms with van der Waals surface area (Å²) in [5.41, 5.74) is 3.26. The second-order valence-electron chi connectivity index (χ2n) is 7.30. The predicted octanol–water partition coefficient (Wildman–Crippen LogP) is 4.01. The van der Waals surface area contributed by atoms with Crippen molar-refractivity contribution in [1.29, 1.82) is 0 Å². The van der Waals surface area contributed by atoms with Crippen LogP contribution < -0.4 is 15.6 Å². The third-order valence-electron chi connectivity index (χ3n) is 5.19. The van der Waals surface area contributed by atoms with Crippen LogP contribution in [0.4, 0.5) is 0 Å². The van der Waals surface area contributed by atoms with Gasteiger partial charge in [0, 0.05) is 29.3 Å². The van der Waals surface area contributed by atoms with Crippen molar-refractivity contribution in [3.05, 3.63) is 68.6 Å². The fourth-order valence-electron chi connectivity index (χ4n) is 3.60. The Labute approximate surface area is 168 Å². The van der Waals surface area contributed by atoms with Crippen LogP contribution in [0.5, 0.6) is 5.75 Å². The molecule has 1 atom stereocenters.